The van der Waals surface area contributed by atoms with Crippen LogP contribution in [0.25, 0.3) is 5.57 Å². The zero-order valence-corrected chi connectivity index (χ0v) is 19.0. The maximum Gasteiger partial charge on any atom is 0.278 e. The molecule has 7 nitrogen and oxygen atoms in total. The Bertz CT molecular complexity index is 1250. The van der Waals surface area contributed by atoms with E-state index in [2.05, 4.69) is 10.3 Å². The second kappa shape index (κ2) is 9.16. The summed E-state index contributed by atoms with van der Waals surface area (Å²) in [6.45, 7) is 4.12. The van der Waals surface area contributed by atoms with Gasteiger partial charge in [0.2, 0.25) is 0 Å². The molecule has 2 heterocycles. The third-order valence-corrected chi connectivity index (χ3v) is 5.68. The fourth-order valence-corrected chi connectivity index (χ4v) is 3.73. The van der Waals surface area contributed by atoms with Crippen LogP contribution in [0.5, 0.6) is 11.5 Å². The predicted octanol–water partition coefficient (Wildman–Crippen LogP) is 4.11. The lowest BCUT2D eigenvalue weighted by Crippen LogP contribution is -2.32. The van der Waals surface area contributed by atoms with Crippen LogP contribution < -0.4 is 14.8 Å². The van der Waals surface area contributed by atoms with Crippen LogP contribution in [0, 0.1) is 13.8 Å². The Morgan fingerprint density at radius 1 is 0.909 bits per heavy atom. The van der Waals surface area contributed by atoms with Crippen molar-refractivity contribution in [2.45, 2.75) is 20.4 Å². The number of benzene rings is 2. The predicted molar refractivity (Wildman–Crippen MR) is 126 cm³/mol. The van der Waals surface area contributed by atoms with Gasteiger partial charge < -0.3 is 14.8 Å². The molecular formula is C26H25N3O4. The summed E-state index contributed by atoms with van der Waals surface area (Å²) in [6.07, 6.45) is 3.30. The summed E-state index contributed by atoms with van der Waals surface area (Å²) in [5, 5.41) is 3.16. The zero-order chi connectivity index (χ0) is 23.5. The average molecular weight is 444 g/mol. The lowest BCUT2D eigenvalue weighted by molar-refractivity contribution is -0.137. The van der Waals surface area contributed by atoms with Crippen molar-refractivity contribution in [2.24, 2.45) is 0 Å². The Hall–Kier alpha value is -4.13. The number of carbonyl (C=O) groups is 2. The van der Waals surface area contributed by atoms with E-state index in [0.29, 0.717) is 28.3 Å². The lowest BCUT2D eigenvalue weighted by atomic mass is 9.99. The summed E-state index contributed by atoms with van der Waals surface area (Å²) in [5.41, 5.74) is 4.77. The summed E-state index contributed by atoms with van der Waals surface area (Å²) >= 11 is 0. The Kier molecular flexibility index (Phi) is 6.13. The highest BCUT2D eigenvalue weighted by molar-refractivity contribution is 6.36. The van der Waals surface area contributed by atoms with Gasteiger partial charge >= 0.3 is 0 Å². The number of amides is 2. The molecule has 0 unspecified atom stereocenters. The van der Waals surface area contributed by atoms with Crippen molar-refractivity contribution in [2.75, 3.05) is 19.5 Å². The molecule has 0 saturated carbocycles. The summed E-state index contributed by atoms with van der Waals surface area (Å²) in [4.78, 5) is 32.3. The Morgan fingerprint density at radius 3 is 2.36 bits per heavy atom. The number of anilines is 1. The van der Waals surface area contributed by atoms with Gasteiger partial charge in [0.15, 0.2) is 11.5 Å². The number of nitrogens with one attached hydrogen (secondary N) is 1. The molecule has 0 saturated heterocycles. The van der Waals surface area contributed by atoms with Crippen LogP contribution in [-0.4, -0.2) is 35.9 Å². The molecule has 2 amide bonds. The first-order valence-corrected chi connectivity index (χ1v) is 10.5. The van der Waals surface area contributed by atoms with Crippen molar-refractivity contribution in [3.05, 3.63) is 88.9 Å². The number of carbonyl (C=O) groups excluding carboxylic acids is 2. The van der Waals surface area contributed by atoms with E-state index in [9.17, 15) is 9.59 Å². The molecule has 0 atom stereocenters. The molecule has 1 aliphatic rings. The monoisotopic (exact) mass is 443 g/mol. The van der Waals surface area contributed by atoms with Crippen LogP contribution >= 0.6 is 0 Å². The standard InChI is InChI=1S/C26H25N3O4/c1-16-7-8-19(12-17(16)2)23-24(28-20-9-10-21(32-3)22(13-20)33-4)26(31)29(25(23)30)15-18-6-5-11-27-14-18/h5-14,28H,15H2,1-4H3. The first kappa shape index (κ1) is 22.1. The average Bonchev–Trinajstić information content (AvgIpc) is 3.05. The van der Waals surface area contributed by atoms with Crippen molar-refractivity contribution < 1.29 is 19.1 Å². The van der Waals surface area contributed by atoms with E-state index in [0.717, 1.165) is 16.7 Å². The molecule has 33 heavy (non-hydrogen) atoms. The third-order valence-electron chi connectivity index (χ3n) is 5.68. The molecule has 0 radical (unpaired) electrons. The molecule has 0 bridgehead atoms. The fraction of sp³-hybridized carbons (Fsp3) is 0.192. The van der Waals surface area contributed by atoms with Gasteiger partial charge in [-0.1, -0.05) is 24.3 Å². The van der Waals surface area contributed by atoms with Gasteiger partial charge in [-0.15, -0.1) is 0 Å². The molecule has 0 spiro atoms. The van der Waals surface area contributed by atoms with Crippen molar-refractivity contribution >= 4 is 23.1 Å². The van der Waals surface area contributed by atoms with Gasteiger partial charge in [-0.05, 0) is 54.3 Å². The maximum atomic E-state index is 13.5. The second-order valence-corrected chi connectivity index (χ2v) is 7.80. The minimum Gasteiger partial charge on any atom is -0.493 e. The van der Waals surface area contributed by atoms with Gasteiger partial charge in [-0.3, -0.25) is 19.5 Å². The summed E-state index contributed by atoms with van der Waals surface area (Å²) < 4.78 is 10.7. The van der Waals surface area contributed by atoms with Crippen LogP contribution in [0.15, 0.2) is 66.6 Å². The molecule has 0 fully saturated rings. The lowest BCUT2D eigenvalue weighted by Gasteiger charge is -2.15. The van der Waals surface area contributed by atoms with E-state index in [4.69, 9.17) is 9.47 Å². The quantitative estimate of drug-likeness (QED) is 0.554. The minimum atomic E-state index is -0.396. The van der Waals surface area contributed by atoms with E-state index in [1.807, 2.05) is 38.1 Å². The molecule has 4 rings (SSSR count). The number of pyridine rings is 1. The van der Waals surface area contributed by atoms with Gasteiger partial charge in [0.25, 0.3) is 11.8 Å². The zero-order valence-electron chi connectivity index (χ0n) is 19.0. The summed E-state index contributed by atoms with van der Waals surface area (Å²) in [7, 11) is 3.10. The van der Waals surface area contributed by atoms with Crippen LogP contribution in [0.4, 0.5) is 5.69 Å². The molecule has 1 aromatic heterocycles. The smallest absolute Gasteiger partial charge is 0.278 e. The van der Waals surface area contributed by atoms with E-state index >= 15 is 0 Å². The normalized spacial score (nSPS) is 13.5. The molecule has 3 aromatic rings. The molecule has 2 aromatic carbocycles. The number of aryl methyl sites for hydroxylation is 2. The summed E-state index contributed by atoms with van der Waals surface area (Å²) in [5.74, 6) is 0.334. The Morgan fingerprint density at radius 2 is 1.70 bits per heavy atom. The van der Waals surface area contributed by atoms with Gasteiger partial charge in [0.1, 0.15) is 5.70 Å². The van der Waals surface area contributed by atoms with Crippen molar-refractivity contribution in [1.82, 2.24) is 9.88 Å². The number of imide groups is 1. The first-order valence-electron chi connectivity index (χ1n) is 10.5. The van der Waals surface area contributed by atoms with E-state index in [1.165, 1.54) is 4.90 Å². The first-order chi connectivity index (χ1) is 15.9. The van der Waals surface area contributed by atoms with Crippen LogP contribution in [0.1, 0.15) is 22.3 Å². The number of ether oxygens (including phenoxy) is 2. The van der Waals surface area contributed by atoms with E-state index in [1.54, 1.807) is 50.9 Å². The highest BCUT2D eigenvalue weighted by atomic mass is 16.5. The number of hydrogen-bond acceptors (Lipinski definition) is 6. The van der Waals surface area contributed by atoms with Gasteiger partial charge in [0.05, 0.1) is 26.3 Å². The van der Waals surface area contributed by atoms with Crippen LogP contribution in [0.2, 0.25) is 0 Å². The second-order valence-electron chi connectivity index (χ2n) is 7.80. The third kappa shape index (κ3) is 4.30. The fourth-order valence-electron chi connectivity index (χ4n) is 3.73. The van der Waals surface area contributed by atoms with Crippen LogP contribution in [-0.2, 0) is 16.1 Å². The number of hydrogen-bond donors (Lipinski definition) is 1. The van der Waals surface area contributed by atoms with E-state index < -0.39 is 5.91 Å². The van der Waals surface area contributed by atoms with Crippen molar-refractivity contribution in [1.29, 1.82) is 0 Å². The van der Waals surface area contributed by atoms with Crippen LogP contribution in [0.3, 0.4) is 0 Å². The molecular weight excluding hydrogens is 418 g/mol. The largest absolute Gasteiger partial charge is 0.493 e. The van der Waals surface area contributed by atoms with E-state index in [-0.39, 0.29) is 18.1 Å². The number of nitrogens with zero attached hydrogens (tertiary/aromatic N) is 2. The summed E-state index contributed by atoms with van der Waals surface area (Å²) in [6, 6.07) is 14.6. The van der Waals surface area contributed by atoms with Crippen molar-refractivity contribution in [3.63, 3.8) is 0 Å². The topological polar surface area (TPSA) is 80.8 Å². The van der Waals surface area contributed by atoms with Gasteiger partial charge in [0, 0.05) is 24.1 Å². The minimum absolute atomic E-state index is 0.136. The Labute approximate surface area is 192 Å². The number of aromatic nitrogens is 1. The Balaban J connectivity index is 1.77. The number of methoxy groups -OCH3 is 2. The maximum absolute atomic E-state index is 13.5. The highest BCUT2D eigenvalue weighted by Gasteiger charge is 2.39. The van der Waals surface area contributed by atoms with Gasteiger partial charge in [-0.2, -0.15) is 0 Å². The van der Waals surface area contributed by atoms with Gasteiger partial charge in [-0.25, -0.2) is 0 Å². The molecule has 1 N–H and O–H groups in total. The molecule has 0 aliphatic carbocycles. The van der Waals surface area contributed by atoms with Crippen molar-refractivity contribution in [3.8, 4) is 11.5 Å². The molecule has 7 heteroatoms. The highest BCUT2D eigenvalue weighted by Crippen LogP contribution is 2.35. The molecule has 168 valence electrons. The molecule has 1 aliphatic heterocycles. The SMILES string of the molecule is COc1ccc(NC2=C(c3ccc(C)c(C)c3)C(=O)N(Cc3cccnc3)C2=O)cc1OC. The number of rotatable bonds is 7.